The third-order valence-electron chi connectivity index (χ3n) is 16.1. The van der Waals surface area contributed by atoms with Crippen LogP contribution in [-0.2, 0) is 19.1 Å². The van der Waals surface area contributed by atoms with E-state index in [0.717, 1.165) is 56.9 Å². The van der Waals surface area contributed by atoms with Gasteiger partial charge in [0.05, 0.1) is 17.4 Å². The van der Waals surface area contributed by atoms with Crippen molar-refractivity contribution in [3.63, 3.8) is 0 Å². The summed E-state index contributed by atoms with van der Waals surface area (Å²) in [6.45, 7) is 21.8. The van der Waals surface area contributed by atoms with Gasteiger partial charge in [0, 0.05) is 23.3 Å². The fourth-order valence-electron chi connectivity index (χ4n) is 13.3. The molecule has 1 aromatic carbocycles. The molecule has 5 aliphatic carbocycles. The molecule has 6 rings (SSSR count). The summed E-state index contributed by atoms with van der Waals surface area (Å²) in [6.07, 6.45) is 7.97. The molecule has 7 unspecified atom stereocenters. The number of carbonyl (C=O) groups excluding carboxylic acids is 3. The van der Waals surface area contributed by atoms with E-state index < -0.39 is 22.9 Å². The number of carboxylic acid groups (broad SMARTS) is 1. The second-order valence-corrected chi connectivity index (χ2v) is 19.8. The first-order valence-electron chi connectivity index (χ1n) is 19.5. The standard InChI is InChI=1S/C43H63NO6/c1-25(2)34-29(45)23-43(44-36(47)27-13-11-26(3)12-14-27)22-21-41(9)28(35(34)43)15-16-31-40(8)19-18-32(50-33(46)24-38(4,5)37(48)49)39(6,7)30(40)17-20-42(31,41)10/h11-14,25,28,30-32,34-35H,15-24H2,1-10H3,(H,44,47)(H,48,49)/t28?,30?,31?,32-,34?,35?,40?,41+,42?,43+/m0/s1. The molecule has 0 heterocycles. The Hall–Kier alpha value is -2.70. The summed E-state index contributed by atoms with van der Waals surface area (Å²) < 4.78 is 6.16. The van der Waals surface area contributed by atoms with Crippen LogP contribution in [0.2, 0.25) is 0 Å². The highest BCUT2D eigenvalue weighted by Gasteiger charge is 2.72. The zero-order chi connectivity index (χ0) is 36.8. The molecule has 1 amide bonds. The minimum absolute atomic E-state index is 0.0281. The molecular weight excluding hydrogens is 626 g/mol. The van der Waals surface area contributed by atoms with Crippen LogP contribution in [0.1, 0.15) is 142 Å². The Bertz CT molecular complexity index is 1540. The number of fused-ring (bicyclic) bond motifs is 7. The van der Waals surface area contributed by atoms with Gasteiger partial charge in [0.25, 0.3) is 5.91 Å². The Morgan fingerprint density at radius 3 is 2.18 bits per heavy atom. The maximum absolute atomic E-state index is 14.0. The number of esters is 1. The van der Waals surface area contributed by atoms with Gasteiger partial charge in [-0.05, 0) is 130 Å². The Balaban J connectivity index is 1.28. The van der Waals surface area contributed by atoms with E-state index in [9.17, 15) is 24.3 Å². The Kier molecular flexibility index (Phi) is 9.03. The lowest BCUT2D eigenvalue weighted by Crippen LogP contribution is -2.69. The molecule has 0 bridgehead atoms. The molecule has 0 radical (unpaired) electrons. The summed E-state index contributed by atoms with van der Waals surface area (Å²) in [5.41, 5.74) is 0.0452. The Morgan fingerprint density at radius 1 is 0.900 bits per heavy atom. The van der Waals surface area contributed by atoms with Crippen LogP contribution in [0.25, 0.3) is 0 Å². The van der Waals surface area contributed by atoms with E-state index in [-0.39, 0.29) is 57.8 Å². The van der Waals surface area contributed by atoms with Gasteiger partial charge in [-0.3, -0.25) is 19.2 Å². The fraction of sp³-hybridized carbons (Fsp3) is 0.767. The summed E-state index contributed by atoms with van der Waals surface area (Å²) in [7, 11) is 0. The summed E-state index contributed by atoms with van der Waals surface area (Å²) in [4.78, 5) is 52.6. The number of benzene rings is 1. The van der Waals surface area contributed by atoms with Crippen molar-refractivity contribution in [2.24, 2.45) is 62.6 Å². The zero-order valence-electron chi connectivity index (χ0n) is 32.4. The normalized spacial score (nSPS) is 40.6. The number of hydrogen-bond donors (Lipinski definition) is 2. The van der Waals surface area contributed by atoms with Crippen molar-refractivity contribution in [2.45, 2.75) is 145 Å². The first-order chi connectivity index (χ1) is 23.1. The molecular formula is C43H63NO6. The van der Waals surface area contributed by atoms with Crippen molar-refractivity contribution in [1.82, 2.24) is 5.32 Å². The van der Waals surface area contributed by atoms with Crippen LogP contribution < -0.4 is 5.32 Å². The molecule has 0 spiro atoms. The predicted molar refractivity (Wildman–Crippen MR) is 194 cm³/mol. The lowest BCUT2D eigenvalue weighted by molar-refractivity contribution is -0.247. The van der Waals surface area contributed by atoms with E-state index in [2.05, 4.69) is 53.8 Å². The van der Waals surface area contributed by atoms with Gasteiger partial charge >= 0.3 is 11.9 Å². The molecule has 5 aliphatic rings. The minimum atomic E-state index is -1.16. The van der Waals surface area contributed by atoms with Crippen molar-refractivity contribution < 1.29 is 29.0 Å². The van der Waals surface area contributed by atoms with Crippen LogP contribution in [0.5, 0.6) is 0 Å². The summed E-state index contributed by atoms with van der Waals surface area (Å²) in [5.74, 6) is 0.353. The summed E-state index contributed by atoms with van der Waals surface area (Å²) in [5, 5.41) is 13.1. The molecule has 5 fully saturated rings. The van der Waals surface area contributed by atoms with Gasteiger partial charge in [0.15, 0.2) is 0 Å². The van der Waals surface area contributed by atoms with E-state index in [1.165, 1.54) is 0 Å². The monoisotopic (exact) mass is 689 g/mol. The number of amides is 1. The van der Waals surface area contributed by atoms with Crippen molar-refractivity contribution >= 4 is 23.6 Å². The van der Waals surface area contributed by atoms with Gasteiger partial charge in [0.2, 0.25) is 0 Å². The molecule has 10 atom stereocenters. The summed E-state index contributed by atoms with van der Waals surface area (Å²) >= 11 is 0. The molecule has 0 saturated heterocycles. The molecule has 5 saturated carbocycles. The molecule has 0 aromatic heterocycles. The second-order valence-electron chi connectivity index (χ2n) is 19.8. The number of ketones is 1. The Labute approximate surface area is 300 Å². The average molecular weight is 690 g/mol. The number of carboxylic acids is 1. The maximum Gasteiger partial charge on any atom is 0.309 e. The van der Waals surface area contributed by atoms with Gasteiger partial charge in [-0.25, -0.2) is 0 Å². The zero-order valence-corrected chi connectivity index (χ0v) is 32.4. The number of rotatable bonds is 7. The molecule has 50 heavy (non-hydrogen) atoms. The number of nitrogens with one attached hydrogen (secondary N) is 1. The lowest BCUT2D eigenvalue weighted by atomic mass is 9.32. The van der Waals surface area contributed by atoms with Crippen LogP contribution >= 0.6 is 0 Å². The SMILES string of the molecule is Cc1ccc(C(=O)N[C@@]23CC[C@]4(C)C(CCC5C6(C)CC[C@H](OC(=O)CC(C)(C)C(=O)O)C(C)(C)C6CCC54C)C2C(C(C)C)C(=O)C3)cc1. The van der Waals surface area contributed by atoms with Gasteiger partial charge in [-0.1, -0.05) is 66.2 Å². The van der Waals surface area contributed by atoms with Crippen molar-refractivity contribution in [2.75, 3.05) is 0 Å². The quantitative estimate of drug-likeness (QED) is 0.277. The largest absolute Gasteiger partial charge is 0.481 e. The number of aryl methyl sites for hydroxylation is 1. The highest BCUT2D eigenvalue weighted by molar-refractivity contribution is 5.96. The smallest absolute Gasteiger partial charge is 0.309 e. The van der Waals surface area contributed by atoms with Gasteiger partial charge in [0.1, 0.15) is 11.9 Å². The van der Waals surface area contributed by atoms with E-state index in [1.54, 1.807) is 13.8 Å². The molecule has 276 valence electrons. The lowest BCUT2D eigenvalue weighted by Gasteiger charge is -2.73. The molecule has 7 nitrogen and oxygen atoms in total. The van der Waals surface area contributed by atoms with Gasteiger partial charge < -0.3 is 15.2 Å². The highest BCUT2D eigenvalue weighted by atomic mass is 16.5. The Morgan fingerprint density at radius 2 is 1.56 bits per heavy atom. The predicted octanol–water partition coefficient (Wildman–Crippen LogP) is 8.81. The third-order valence-corrected chi connectivity index (χ3v) is 16.1. The second kappa shape index (κ2) is 12.2. The highest BCUT2D eigenvalue weighted by Crippen LogP contribution is 2.76. The van der Waals surface area contributed by atoms with Crippen molar-refractivity contribution in [1.29, 1.82) is 0 Å². The third kappa shape index (κ3) is 5.49. The minimum Gasteiger partial charge on any atom is -0.481 e. The molecule has 7 heteroatoms. The number of aliphatic carboxylic acids is 1. The molecule has 1 aromatic rings. The van der Waals surface area contributed by atoms with E-state index >= 15 is 0 Å². The molecule has 2 N–H and O–H groups in total. The summed E-state index contributed by atoms with van der Waals surface area (Å²) in [6, 6.07) is 7.77. The number of Topliss-reactive ketones (excluding diaryl/α,β-unsaturated/α-hetero) is 1. The number of carbonyl (C=O) groups is 4. The fourth-order valence-corrected chi connectivity index (χ4v) is 13.3. The molecule has 0 aliphatic heterocycles. The van der Waals surface area contributed by atoms with Crippen LogP contribution in [0.3, 0.4) is 0 Å². The van der Waals surface area contributed by atoms with E-state index in [1.807, 2.05) is 31.2 Å². The van der Waals surface area contributed by atoms with Crippen LogP contribution in [-0.4, -0.2) is 40.4 Å². The van der Waals surface area contributed by atoms with Crippen LogP contribution in [0.4, 0.5) is 0 Å². The van der Waals surface area contributed by atoms with E-state index in [4.69, 9.17) is 4.74 Å². The first kappa shape index (κ1) is 37.1. The van der Waals surface area contributed by atoms with Crippen molar-refractivity contribution in [3.05, 3.63) is 35.4 Å². The first-order valence-corrected chi connectivity index (χ1v) is 19.5. The van der Waals surface area contributed by atoms with Crippen LogP contribution in [0, 0.1) is 69.5 Å². The average Bonchev–Trinajstić information content (AvgIpc) is 3.30. The van der Waals surface area contributed by atoms with Gasteiger partial charge in [-0.2, -0.15) is 0 Å². The van der Waals surface area contributed by atoms with Gasteiger partial charge in [-0.15, -0.1) is 0 Å². The topological polar surface area (TPSA) is 110 Å². The maximum atomic E-state index is 14.0. The number of ether oxygens (including phenoxy) is 1. The van der Waals surface area contributed by atoms with Crippen molar-refractivity contribution in [3.8, 4) is 0 Å². The van der Waals surface area contributed by atoms with E-state index in [0.29, 0.717) is 35.5 Å². The van der Waals surface area contributed by atoms with Crippen LogP contribution in [0.15, 0.2) is 24.3 Å². The number of hydrogen-bond acceptors (Lipinski definition) is 5.